The van der Waals surface area contributed by atoms with Gasteiger partial charge in [-0.15, -0.1) is 0 Å². The van der Waals surface area contributed by atoms with E-state index in [0.29, 0.717) is 0 Å². The van der Waals surface area contributed by atoms with E-state index in [0.717, 1.165) is 56.2 Å². The van der Waals surface area contributed by atoms with Crippen molar-refractivity contribution in [3.05, 3.63) is 99.1 Å². The van der Waals surface area contributed by atoms with Gasteiger partial charge in [-0.3, -0.25) is 0 Å². The van der Waals surface area contributed by atoms with E-state index in [1.807, 2.05) is 38.1 Å². The summed E-state index contributed by atoms with van der Waals surface area (Å²) in [6.45, 7) is 12.6. The summed E-state index contributed by atoms with van der Waals surface area (Å²) in [5.41, 5.74) is 6.84. The highest BCUT2D eigenvalue weighted by molar-refractivity contribution is 5.68. The molecule has 0 amide bonds. The Morgan fingerprint density at radius 1 is 0.829 bits per heavy atom. The van der Waals surface area contributed by atoms with Crippen LogP contribution in [0.25, 0.3) is 0 Å². The number of hydrogen-bond acceptors (Lipinski definition) is 4. The minimum Gasteiger partial charge on any atom is -0.497 e. The van der Waals surface area contributed by atoms with Crippen LogP contribution in [-0.4, -0.2) is 24.1 Å². The van der Waals surface area contributed by atoms with Crippen molar-refractivity contribution in [3.63, 3.8) is 0 Å². The lowest BCUT2D eigenvalue weighted by atomic mass is 9.53. The molecule has 3 aromatic carbocycles. The molecule has 3 aromatic rings. The summed E-state index contributed by atoms with van der Waals surface area (Å²) < 4.78 is 19.0. The molecule has 0 bridgehead atoms. The van der Waals surface area contributed by atoms with E-state index in [9.17, 15) is 5.11 Å². The van der Waals surface area contributed by atoms with Gasteiger partial charge in [0.2, 0.25) is 5.79 Å². The smallest absolute Gasteiger partial charge is 0.248 e. The molecule has 4 heteroatoms. The van der Waals surface area contributed by atoms with Crippen molar-refractivity contribution in [3.8, 4) is 17.2 Å². The SMILES string of the molecule is COc1ccc([C@@]23c4cc(C)cc(C)c4O[C@]2(O)C(C)=C[C@@]2(C)c4cc(C)cc(C)c4O[C@@H]32)cc1. The molecule has 35 heavy (non-hydrogen) atoms. The predicted molar refractivity (Wildman–Crippen MR) is 137 cm³/mol. The van der Waals surface area contributed by atoms with Gasteiger partial charge in [0, 0.05) is 11.1 Å². The Morgan fingerprint density at radius 2 is 1.43 bits per heavy atom. The first-order valence-electron chi connectivity index (χ1n) is 12.2. The number of aliphatic hydroxyl groups is 1. The van der Waals surface area contributed by atoms with Crippen molar-refractivity contribution in [2.75, 3.05) is 7.11 Å². The minimum atomic E-state index is -1.60. The van der Waals surface area contributed by atoms with Crippen molar-refractivity contribution in [2.45, 2.75) is 64.3 Å². The zero-order valence-corrected chi connectivity index (χ0v) is 21.4. The van der Waals surface area contributed by atoms with Crippen molar-refractivity contribution < 1.29 is 19.3 Å². The van der Waals surface area contributed by atoms with Crippen LogP contribution >= 0.6 is 0 Å². The molecule has 0 radical (unpaired) electrons. The molecule has 0 saturated heterocycles. The molecule has 180 valence electrons. The van der Waals surface area contributed by atoms with E-state index in [-0.39, 0.29) is 0 Å². The van der Waals surface area contributed by atoms with Crippen LogP contribution in [0, 0.1) is 27.7 Å². The van der Waals surface area contributed by atoms with Crippen LogP contribution < -0.4 is 14.2 Å². The van der Waals surface area contributed by atoms with Gasteiger partial charge in [-0.25, -0.2) is 0 Å². The maximum Gasteiger partial charge on any atom is 0.248 e. The zero-order valence-electron chi connectivity index (χ0n) is 21.4. The number of methoxy groups -OCH3 is 1. The second kappa shape index (κ2) is 6.92. The summed E-state index contributed by atoms with van der Waals surface area (Å²) in [5.74, 6) is 0.805. The van der Waals surface area contributed by atoms with Gasteiger partial charge < -0.3 is 19.3 Å². The third-order valence-electron chi connectivity index (χ3n) is 8.40. The van der Waals surface area contributed by atoms with Gasteiger partial charge in [0.15, 0.2) is 0 Å². The van der Waals surface area contributed by atoms with E-state index >= 15 is 0 Å². The van der Waals surface area contributed by atoms with Crippen LogP contribution in [0.4, 0.5) is 0 Å². The van der Waals surface area contributed by atoms with E-state index in [1.54, 1.807) is 7.11 Å². The fourth-order valence-electron chi connectivity index (χ4n) is 6.99. The number of rotatable bonds is 2. The third-order valence-corrected chi connectivity index (χ3v) is 8.40. The number of aryl methyl sites for hydroxylation is 4. The number of hydrogen-bond donors (Lipinski definition) is 1. The van der Waals surface area contributed by atoms with Crippen molar-refractivity contribution in [1.29, 1.82) is 0 Å². The summed E-state index contributed by atoms with van der Waals surface area (Å²) in [5, 5.41) is 12.6. The normalized spacial score (nSPS) is 29.8. The number of benzene rings is 3. The van der Waals surface area contributed by atoms with Gasteiger partial charge in [0.1, 0.15) is 28.8 Å². The van der Waals surface area contributed by atoms with E-state index < -0.39 is 22.7 Å². The molecule has 1 N–H and O–H groups in total. The molecule has 0 spiro atoms. The van der Waals surface area contributed by atoms with Gasteiger partial charge in [0.05, 0.1) is 12.5 Å². The average molecular weight is 469 g/mol. The molecule has 0 unspecified atom stereocenters. The minimum absolute atomic E-state index is 0.421. The molecule has 6 rings (SSSR count). The Hall–Kier alpha value is -3.24. The van der Waals surface area contributed by atoms with Crippen LogP contribution in [0.2, 0.25) is 0 Å². The van der Waals surface area contributed by atoms with E-state index in [1.165, 1.54) is 5.56 Å². The largest absolute Gasteiger partial charge is 0.497 e. The Kier molecular flexibility index (Phi) is 4.39. The second-order valence-corrected chi connectivity index (χ2v) is 10.8. The molecule has 4 nitrogen and oxygen atoms in total. The monoisotopic (exact) mass is 468 g/mol. The fourth-order valence-corrected chi connectivity index (χ4v) is 6.99. The zero-order chi connectivity index (χ0) is 24.9. The summed E-state index contributed by atoms with van der Waals surface area (Å²) in [6, 6.07) is 16.7. The maximum absolute atomic E-state index is 12.6. The fraction of sp³-hybridized carbons (Fsp3) is 0.355. The lowest BCUT2D eigenvalue weighted by Gasteiger charge is -2.52. The van der Waals surface area contributed by atoms with Gasteiger partial charge in [-0.2, -0.15) is 0 Å². The lowest BCUT2D eigenvalue weighted by molar-refractivity contribution is -0.165. The third kappa shape index (κ3) is 2.56. The highest BCUT2D eigenvalue weighted by atomic mass is 16.6. The van der Waals surface area contributed by atoms with Gasteiger partial charge in [-0.1, -0.05) is 53.6 Å². The van der Waals surface area contributed by atoms with Gasteiger partial charge >= 0.3 is 0 Å². The first-order chi connectivity index (χ1) is 16.6. The summed E-state index contributed by atoms with van der Waals surface area (Å²) in [7, 11) is 1.66. The topological polar surface area (TPSA) is 47.9 Å². The van der Waals surface area contributed by atoms with E-state index in [4.69, 9.17) is 14.2 Å². The molecular formula is C31H32O4. The Labute approximate surface area is 207 Å². The Balaban J connectivity index is 1.75. The first-order valence-corrected chi connectivity index (χ1v) is 12.2. The number of fused-ring (bicyclic) bond motifs is 7. The standard InChI is InChI=1S/C31H32O4/c1-17-12-19(3)26-24(14-17)29(6)16-21(5)31(32)30(28(29)34-26,22-8-10-23(33-7)11-9-22)25-15-18(2)13-20(4)27(25)35-31/h8-16,28,32H,1-7H3/t28-,29+,30+,31-/m1/s1. The highest BCUT2D eigenvalue weighted by Crippen LogP contribution is 2.66. The molecule has 2 aliphatic heterocycles. The Bertz CT molecular complexity index is 1420. The van der Waals surface area contributed by atoms with Crippen molar-refractivity contribution >= 4 is 0 Å². The quantitative estimate of drug-likeness (QED) is 0.471. The Morgan fingerprint density at radius 3 is 2.06 bits per heavy atom. The maximum atomic E-state index is 12.6. The lowest BCUT2D eigenvalue weighted by Crippen LogP contribution is -2.67. The number of ether oxygens (including phenoxy) is 3. The molecular weight excluding hydrogens is 436 g/mol. The summed E-state index contributed by atoms with van der Waals surface area (Å²) >= 11 is 0. The molecule has 2 heterocycles. The van der Waals surface area contributed by atoms with Crippen LogP contribution in [0.3, 0.4) is 0 Å². The van der Waals surface area contributed by atoms with Crippen LogP contribution in [-0.2, 0) is 10.8 Å². The highest BCUT2D eigenvalue weighted by Gasteiger charge is 2.74. The van der Waals surface area contributed by atoms with Crippen LogP contribution in [0.15, 0.2) is 60.2 Å². The van der Waals surface area contributed by atoms with Gasteiger partial charge in [-0.05, 0) is 75.9 Å². The summed E-state index contributed by atoms with van der Waals surface area (Å²) in [4.78, 5) is 0. The van der Waals surface area contributed by atoms with Crippen molar-refractivity contribution in [1.82, 2.24) is 0 Å². The molecule has 0 fully saturated rings. The predicted octanol–water partition coefficient (Wildman–Crippen LogP) is 5.97. The van der Waals surface area contributed by atoms with Crippen LogP contribution in [0.5, 0.6) is 17.2 Å². The molecule has 4 atom stereocenters. The molecule has 3 aliphatic rings. The second-order valence-electron chi connectivity index (χ2n) is 10.8. The van der Waals surface area contributed by atoms with E-state index in [2.05, 4.69) is 58.0 Å². The molecule has 1 aliphatic carbocycles. The molecule has 0 aromatic heterocycles. The molecule has 0 saturated carbocycles. The average Bonchev–Trinajstić information content (AvgIpc) is 3.25. The van der Waals surface area contributed by atoms with Gasteiger partial charge in [0.25, 0.3) is 0 Å². The first kappa shape index (κ1) is 22.2. The van der Waals surface area contributed by atoms with Crippen molar-refractivity contribution in [2.24, 2.45) is 0 Å². The summed E-state index contributed by atoms with van der Waals surface area (Å²) in [6.07, 6.45) is 1.74. The van der Waals surface area contributed by atoms with Crippen LogP contribution in [0.1, 0.15) is 52.8 Å².